The second kappa shape index (κ2) is 10.8. The highest BCUT2D eigenvalue weighted by molar-refractivity contribution is 6.03. The molecular weight excluding hydrogens is 430 g/mol. The average molecular weight is 464 g/mol. The quantitative estimate of drug-likeness (QED) is 0.578. The minimum Gasteiger partial charge on any atom is -0.497 e. The van der Waals surface area contributed by atoms with Crippen LogP contribution in [0.2, 0.25) is 0 Å². The molecule has 0 bridgehead atoms. The first-order valence-corrected chi connectivity index (χ1v) is 12.0. The molecule has 34 heavy (non-hydrogen) atoms. The fourth-order valence-corrected chi connectivity index (χ4v) is 4.83. The van der Waals surface area contributed by atoms with Crippen molar-refractivity contribution in [1.82, 2.24) is 9.91 Å². The first-order chi connectivity index (χ1) is 16.5. The van der Waals surface area contributed by atoms with Gasteiger partial charge in [-0.05, 0) is 74.2 Å². The second-order valence-corrected chi connectivity index (χ2v) is 8.82. The molecule has 1 saturated heterocycles. The summed E-state index contributed by atoms with van der Waals surface area (Å²) >= 11 is 0. The lowest BCUT2D eigenvalue weighted by molar-refractivity contribution is -0.152. The first-order valence-electron chi connectivity index (χ1n) is 12.0. The maximum atomic E-state index is 13.6. The molecule has 2 aromatic carbocycles. The van der Waals surface area contributed by atoms with Crippen molar-refractivity contribution in [2.24, 2.45) is 5.10 Å². The van der Waals surface area contributed by atoms with Crippen LogP contribution in [0.25, 0.3) is 0 Å². The van der Waals surface area contributed by atoms with Crippen molar-refractivity contribution in [3.8, 4) is 5.75 Å². The SMILES string of the molecule is CCOC(=O)[C@@H]1CCCCN1CC(=O)N1N=C(c2ccc(OC)cc2)C[C@H]1c1ccccc1C. The van der Waals surface area contributed by atoms with Gasteiger partial charge in [-0.2, -0.15) is 5.10 Å². The van der Waals surface area contributed by atoms with Crippen molar-refractivity contribution in [2.75, 3.05) is 26.8 Å². The van der Waals surface area contributed by atoms with Gasteiger partial charge in [0.25, 0.3) is 5.91 Å². The maximum Gasteiger partial charge on any atom is 0.323 e. The molecule has 7 heteroatoms. The number of methoxy groups -OCH3 is 1. The third-order valence-electron chi connectivity index (χ3n) is 6.65. The summed E-state index contributed by atoms with van der Waals surface area (Å²) in [5.41, 5.74) is 4.05. The van der Waals surface area contributed by atoms with E-state index in [0.29, 0.717) is 26.0 Å². The summed E-state index contributed by atoms with van der Waals surface area (Å²) in [7, 11) is 1.64. The molecule has 2 aliphatic heterocycles. The molecule has 2 aliphatic rings. The number of aryl methyl sites for hydroxylation is 1. The van der Waals surface area contributed by atoms with Crippen LogP contribution in [0.15, 0.2) is 53.6 Å². The van der Waals surface area contributed by atoms with Crippen LogP contribution in [-0.4, -0.2) is 60.3 Å². The van der Waals surface area contributed by atoms with Crippen molar-refractivity contribution in [1.29, 1.82) is 0 Å². The predicted octanol–water partition coefficient (Wildman–Crippen LogP) is 4.10. The second-order valence-electron chi connectivity index (χ2n) is 8.82. The van der Waals surface area contributed by atoms with Gasteiger partial charge in [-0.1, -0.05) is 30.7 Å². The molecule has 0 unspecified atom stereocenters. The van der Waals surface area contributed by atoms with E-state index in [1.807, 2.05) is 48.2 Å². The summed E-state index contributed by atoms with van der Waals surface area (Å²) in [6.07, 6.45) is 3.27. The Morgan fingerprint density at radius 1 is 1.09 bits per heavy atom. The monoisotopic (exact) mass is 463 g/mol. The number of ether oxygens (including phenoxy) is 2. The Bertz CT molecular complexity index is 1050. The minimum absolute atomic E-state index is 0.104. The molecular formula is C27H33N3O4. The van der Waals surface area contributed by atoms with Crippen molar-refractivity contribution < 1.29 is 19.1 Å². The summed E-state index contributed by atoms with van der Waals surface area (Å²) in [4.78, 5) is 28.1. The van der Waals surface area contributed by atoms with Crippen LogP contribution in [-0.2, 0) is 14.3 Å². The molecule has 1 fully saturated rings. The molecule has 180 valence electrons. The fraction of sp³-hybridized carbons (Fsp3) is 0.444. The van der Waals surface area contributed by atoms with Crippen molar-refractivity contribution in [3.63, 3.8) is 0 Å². The molecule has 2 aromatic rings. The number of rotatable bonds is 7. The number of carbonyl (C=O) groups is 2. The lowest BCUT2D eigenvalue weighted by Gasteiger charge is -2.34. The number of benzene rings is 2. The number of nitrogens with zero attached hydrogens (tertiary/aromatic N) is 3. The van der Waals surface area contributed by atoms with Crippen LogP contribution < -0.4 is 4.74 Å². The summed E-state index contributed by atoms with van der Waals surface area (Å²) < 4.78 is 10.6. The summed E-state index contributed by atoms with van der Waals surface area (Å²) in [5, 5.41) is 6.42. The van der Waals surface area contributed by atoms with Gasteiger partial charge < -0.3 is 9.47 Å². The van der Waals surface area contributed by atoms with Gasteiger partial charge in [-0.15, -0.1) is 0 Å². The Labute approximate surface area is 201 Å². The Hall–Kier alpha value is -3.19. The zero-order valence-corrected chi connectivity index (χ0v) is 20.2. The largest absolute Gasteiger partial charge is 0.497 e. The molecule has 0 aliphatic carbocycles. The zero-order valence-electron chi connectivity index (χ0n) is 20.2. The van der Waals surface area contributed by atoms with Crippen LogP contribution in [0.1, 0.15) is 55.3 Å². The standard InChI is InChI=1S/C27H33N3O4/c1-4-34-27(32)24-11-7-8-16-29(24)18-26(31)30-25(22-10-6-5-9-19(22)2)17-23(28-30)20-12-14-21(33-3)15-13-20/h5-6,9-10,12-15,24-25H,4,7-8,11,16-18H2,1-3H3/t24-,25-/m0/s1. The highest BCUT2D eigenvalue weighted by atomic mass is 16.5. The van der Waals surface area contributed by atoms with E-state index in [1.54, 1.807) is 12.1 Å². The molecule has 0 aromatic heterocycles. The highest BCUT2D eigenvalue weighted by Crippen LogP contribution is 2.35. The van der Waals surface area contributed by atoms with Gasteiger partial charge >= 0.3 is 5.97 Å². The summed E-state index contributed by atoms with van der Waals surface area (Å²) in [6, 6.07) is 15.3. The third kappa shape index (κ3) is 5.14. The number of esters is 1. The van der Waals surface area contributed by atoms with Crippen LogP contribution in [0, 0.1) is 6.92 Å². The zero-order chi connectivity index (χ0) is 24.1. The number of carbonyl (C=O) groups excluding carboxylic acids is 2. The van der Waals surface area contributed by atoms with Crippen molar-refractivity contribution in [3.05, 3.63) is 65.2 Å². The van der Waals surface area contributed by atoms with Crippen LogP contribution in [0.4, 0.5) is 0 Å². The van der Waals surface area contributed by atoms with Gasteiger partial charge in [-0.25, -0.2) is 5.01 Å². The Morgan fingerprint density at radius 2 is 1.85 bits per heavy atom. The number of likely N-dealkylation sites (tertiary alicyclic amines) is 1. The summed E-state index contributed by atoms with van der Waals surface area (Å²) in [6.45, 7) is 5.06. The molecule has 2 heterocycles. The normalized spacial score (nSPS) is 20.7. The number of hydrogen-bond donors (Lipinski definition) is 0. The Morgan fingerprint density at radius 3 is 2.56 bits per heavy atom. The number of piperidine rings is 1. The third-order valence-corrected chi connectivity index (χ3v) is 6.65. The predicted molar refractivity (Wildman–Crippen MR) is 131 cm³/mol. The smallest absolute Gasteiger partial charge is 0.323 e. The number of amides is 1. The first kappa shape index (κ1) is 24.0. The van der Waals surface area contributed by atoms with E-state index in [0.717, 1.165) is 41.0 Å². The molecule has 0 spiro atoms. The van der Waals surface area contributed by atoms with Crippen LogP contribution in [0.5, 0.6) is 5.75 Å². The van der Waals surface area contributed by atoms with Gasteiger partial charge in [0.15, 0.2) is 0 Å². The van der Waals surface area contributed by atoms with Gasteiger partial charge in [0, 0.05) is 6.42 Å². The number of hydrazone groups is 1. The van der Waals surface area contributed by atoms with Gasteiger partial charge in [-0.3, -0.25) is 14.5 Å². The summed E-state index contributed by atoms with van der Waals surface area (Å²) in [5.74, 6) is 0.433. The van der Waals surface area contributed by atoms with Gasteiger partial charge in [0.1, 0.15) is 11.8 Å². The van der Waals surface area contributed by atoms with E-state index < -0.39 is 0 Å². The lowest BCUT2D eigenvalue weighted by Crippen LogP contribution is -2.49. The van der Waals surface area contributed by atoms with Crippen molar-refractivity contribution in [2.45, 2.75) is 51.6 Å². The van der Waals surface area contributed by atoms with Crippen molar-refractivity contribution >= 4 is 17.6 Å². The van der Waals surface area contributed by atoms with Gasteiger partial charge in [0.2, 0.25) is 0 Å². The molecule has 0 radical (unpaired) electrons. The Balaban J connectivity index is 1.60. The lowest BCUT2D eigenvalue weighted by atomic mass is 9.95. The van der Waals surface area contributed by atoms with Gasteiger partial charge in [0.05, 0.1) is 32.0 Å². The molecule has 7 nitrogen and oxygen atoms in total. The fourth-order valence-electron chi connectivity index (χ4n) is 4.83. The van der Waals surface area contributed by atoms with E-state index >= 15 is 0 Å². The average Bonchev–Trinajstić information content (AvgIpc) is 3.30. The Kier molecular flexibility index (Phi) is 7.63. The molecule has 4 rings (SSSR count). The maximum absolute atomic E-state index is 13.6. The van der Waals surface area contributed by atoms with E-state index in [2.05, 4.69) is 19.1 Å². The number of hydrogen-bond acceptors (Lipinski definition) is 6. The van der Waals surface area contributed by atoms with Crippen LogP contribution in [0.3, 0.4) is 0 Å². The van der Waals surface area contributed by atoms with E-state index in [4.69, 9.17) is 14.6 Å². The van der Waals surface area contributed by atoms with E-state index in [-0.39, 0.29) is 30.5 Å². The molecule has 2 atom stereocenters. The molecule has 0 N–H and O–H groups in total. The van der Waals surface area contributed by atoms with E-state index in [9.17, 15) is 9.59 Å². The topological polar surface area (TPSA) is 71.4 Å². The van der Waals surface area contributed by atoms with E-state index in [1.165, 1.54) is 0 Å². The highest BCUT2D eigenvalue weighted by Gasteiger charge is 2.37. The molecule has 1 amide bonds. The van der Waals surface area contributed by atoms with Crippen LogP contribution >= 0.6 is 0 Å². The minimum atomic E-state index is -0.373. The molecule has 0 saturated carbocycles.